The lowest BCUT2D eigenvalue weighted by Gasteiger charge is -2.21. The number of hydrogen-bond acceptors (Lipinski definition) is 10. The number of nitrogens with two attached hydrogens (primary N) is 2. The standard InChI is InChI=1S/C33H38N12O4S3/c1-36-31(44-52(35,48)49)37-15-16-50-19-24-20-51-33(40-24)43-30(34)38-18-21-9-8-12-23(17-21)39-32(47)42-28-29(46)45(2)26-14-7-6-13-25(26)27(41-28)22-10-4-3-5-11-22/h3-14,17,20,28H,15-16,18-19H2,1-2H3,(H2,35,48,49)(H2,36,37,44)(H2,39,42,47)(H3,34,38,40,43)/t28-/m0/s1. The second-order valence-corrected chi connectivity index (χ2v) is 14.4. The Hall–Kier alpha value is -5.50. The highest BCUT2D eigenvalue weighted by molar-refractivity contribution is 7.98. The molecule has 4 aromatic rings. The van der Waals surface area contributed by atoms with Gasteiger partial charge in [0.2, 0.25) is 12.1 Å². The lowest BCUT2D eigenvalue weighted by atomic mass is 10.0. The van der Waals surface area contributed by atoms with Crippen LogP contribution in [-0.2, 0) is 27.3 Å². The number of para-hydroxylation sites is 1. The van der Waals surface area contributed by atoms with Gasteiger partial charge in [0.05, 0.1) is 23.6 Å². The summed E-state index contributed by atoms with van der Waals surface area (Å²) in [5, 5.41) is 18.8. The normalized spacial score (nSPS) is 14.9. The molecule has 1 atom stereocenters. The van der Waals surface area contributed by atoms with Gasteiger partial charge in [0.15, 0.2) is 11.1 Å². The third kappa shape index (κ3) is 10.8. The number of aliphatic imine (C=N–C) groups is 3. The number of nitrogens with zero attached hydrogens (tertiary/aromatic N) is 5. The topological polar surface area (TPSA) is 234 Å². The van der Waals surface area contributed by atoms with E-state index in [0.29, 0.717) is 40.3 Å². The molecule has 3 amide bonds. The molecular weight excluding hydrogens is 725 g/mol. The molecule has 0 aliphatic carbocycles. The zero-order valence-corrected chi connectivity index (χ0v) is 30.7. The minimum Gasteiger partial charge on any atom is -0.370 e. The highest BCUT2D eigenvalue weighted by Gasteiger charge is 2.31. The number of carbonyl (C=O) groups excluding carboxylic acids is 2. The quantitative estimate of drug-likeness (QED) is 0.0638. The summed E-state index contributed by atoms with van der Waals surface area (Å²) in [6, 6.07) is 23.6. The zero-order chi connectivity index (χ0) is 37.1. The Labute approximate surface area is 309 Å². The monoisotopic (exact) mass is 762 g/mol. The Morgan fingerprint density at radius 1 is 1.06 bits per heavy atom. The molecule has 52 heavy (non-hydrogen) atoms. The third-order valence-electron chi connectivity index (χ3n) is 7.31. The summed E-state index contributed by atoms with van der Waals surface area (Å²) in [5.74, 6) is 1.16. The van der Waals surface area contributed by atoms with E-state index in [0.717, 1.165) is 22.4 Å². The third-order valence-corrected chi connectivity index (χ3v) is 9.59. The van der Waals surface area contributed by atoms with Gasteiger partial charge in [0.1, 0.15) is 0 Å². The number of benzodiazepines with no additional fused rings is 1. The molecule has 0 radical (unpaired) electrons. The molecular formula is C33H38N12O4S3. The van der Waals surface area contributed by atoms with Crippen molar-refractivity contribution in [3.63, 3.8) is 0 Å². The molecule has 0 unspecified atom stereocenters. The molecule has 0 spiro atoms. The average Bonchev–Trinajstić information content (AvgIpc) is 3.54. The minimum absolute atomic E-state index is 0.0716. The van der Waals surface area contributed by atoms with Gasteiger partial charge in [0.25, 0.3) is 16.1 Å². The first-order chi connectivity index (χ1) is 25.0. The Morgan fingerprint density at radius 2 is 1.83 bits per heavy atom. The Kier molecular flexibility index (Phi) is 12.8. The maximum absolute atomic E-state index is 13.5. The summed E-state index contributed by atoms with van der Waals surface area (Å²) in [5.41, 5.74) is 11.2. The number of anilines is 3. The number of likely N-dealkylation sites (N-methyl/N-ethyl adjacent to an activating group) is 1. The molecule has 19 heteroatoms. The second-order valence-electron chi connectivity index (χ2n) is 11.1. The number of nitrogens with one attached hydrogen (secondary N) is 5. The van der Waals surface area contributed by atoms with Crippen LogP contribution in [0.1, 0.15) is 22.4 Å². The van der Waals surface area contributed by atoms with Crippen molar-refractivity contribution in [1.82, 2.24) is 20.3 Å². The van der Waals surface area contributed by atoms with E-state index in [1.165, 1.54) is 23.3 Å². The van der Waals surface area contributed by atoms with Gasteiger partial charge in [-0.2, -0.15) is 20.2 Å². The number of fused-ring (bicyclic) bond motifs is 1. The molecule has 5 rings (SSSR count). The van der Waals surface area contributed by atoms with E-state index < -0.39 is 22.4 Å². The number of urea groups is 1. The van der Waals surface area contributed by atoms with Crippen molar-refractivity contribution in [3.05, 3.63) is 107 Å². The summed E-state index contributed by atoms with van der Waals surface area (Å²) in [6.45, 7) is 0.697. The Balaban J connectivity index is 1.13. The van der Waals surface area contributed by atoms with Gasteiger partial charge in [-0.15, -0.1) is 11.3 Å². The number of thiazole rings is 1. The van der Waals surface area contributed by atoms with E-state index in [4.69, 9.17) is 15.9 Å². The highest BCUT2D eigenvalue weighted by Crippen LogP contribution is 2.27. The van der Waals surface area contributed by atoms with Gasteiger partial charge in [0, 0.05) is 54.3 Å². The minimum atomic E-state index is -3.90. The SMILES string of the molecule is CN=C(NCCSCc1csc(NC(N)=NCc2cccc(NC(=O)N[C@@H]3N=C(c4ccccc4)c4ccccc4N(C)C3=O)c2)n1)NS(N)(=O)=O. The van der Waals surface area contributed by atoms with Crippen molar-refractivity contribution < 1.29 is 18.0 Å². The molecule has 1 aliphatic heterocycles. The predicted molar refractivity (Wildman–Crippen MR) is 209 cm³/mol. The van der Waals surface area contributed by atoms with Crippen molar-refractivity contribution in [2.24, 2.45) is 25.8 Å². The molecule has 1 aromatic heterocycles. The van der Waals surface area contributed by atoms with Gasteiger partial charge in [-0.1, -0.05) is 60.7 Å². The number of hydrogen-bond donors (Lipinski definition) is 7. The van der Waals surface area contributed by atoms with Crippen LogP contribution in [0.4, 0.5) is 21.3 Å². The number of amides is 3. The van der Waals surface area contributed by atoms with Crippen LogP contribution in [0, 0.1) is 0 Å². The number of rotatable bonds is 12. The molecule has 0 saturated heterocycles. The van der Waals surface area contributed by atoms with Crippen molar-refractivity contribution in [2.45, 2.75) is 18.5 Å². The van der Waals surface area contributed by atoms with Crippen molar-refractivity contribution in [1.29, 1.82) is 0 Å². The fourth-order valence-corrected chi connectivity index (χ4v) is 6.95. The summed E-state index contributed by atoms with van der Waals surface area (Å²) in [4.78, 5) is 45.6. The molecule has 1 aliphatic rings. The van der Waals surface area contributed by atoms with Crippen molar-refractivity contribution in [2.75, 3.05) is 41.9 Å². The van der Waals surface area contributed by atoms with Gasteiger partial charge >= 0.3 is 6.03 Å². The lowest BCUT2D eigenvalue weighted by molar-refractivity contribution is -0.119. The van der Waals surface area contributed by atoms with Gasteiger partial charge in [-0.25, -0.2) is 29.6 Å². The van der Waals surface area contributed by atoms with Gasteiger partial charge < -0.3 is 31.9 Å². The number of guanidine groups is 2. The van der Waals surface area contributed by atoms with Crippen LogP contribution < -0.4 is 41.8 Å². The maximum atomic E-state index is 13.5. The van der Waals surface area contributed by atoms with Crippen LogP contribution in [0.2, 0.25) is 0 Å². The van der Waals surface area contributed by atoms with Gasteiger partial charge in [-0.3, -0.25) is 9.79 Å². The molecule has 0 saturated carbocycles. The summed E-state index contributed by atoms with van der Waals surface area (Å²) >= 11 is 2.98. The number of carbonyl (C=O) groups is 2. The second kappa shape index (κ2) is 17.6. The molecule has 3 aromatic carbocycles. The van der Waals surface area contributed by atoms with E-state index in [9.17, 15) is 18.0 Å². The summed E-state index contributed by atoms with van der Waals surface area (Å²) < 4.78 is 24.4. The smallest absolute Gasteiger partial charge is 0.321 e. The van der Waals surface area contributed by atoms with Crippen molar-refractivity contribution in [3.8, 4) is 0 Å². The number of aromatic nitrogens is 1. The molecule has 0 fully saturated rings. The van der Waals surface area contributed by atoms with Gasteiger partial charge in [-0.05, 0) is 23.8 Å². The molecule has 0 bridgehead atoms. The predicted octanol–water partition coefficient (Wildman–Crippen LogP) is 2.63. The zero-order valence-electron chi connectivity index (χ0n) is 28.2. The average molecular weight is 763 g/mol. The van der Waals surface area contributed by atoms with Crippen LogP contribution >= 0.6 is 23.1 Å². The van der Waals surface area contributed by atoms with E-state index in [-0.39, 0.29) is 24.4 Å². The maximum Gasteiger partial charge on any atom is 0.321 e. The molecule has 9 N–H and O–H groups in total. The molecule has 272 valence electrons. The van der Waals surface area contributed by atoms with E-state index in [1.54, 1.807) is 37.0 Å². The fraction of sp³-hybridized carbons (Fsp3) is 0.212. The number of thioether (sulfide) groups is 1. The van der Waals surface area contributed by atoms with E-state index in [1.807, 2.05) is 66.0 Å². The van der Waals surface area contributed by atoms with Crippen molar-refractivity contribution >= 4 is 79.4 Å². The summed E-state index contributed by atoms with van der Waals surface area (Å²) in [7, 11) is -0.786. The molecule has 16 nitrogen and oxygen atoms in total. The van der Waals surface area contributed by atoms with Crippen LogP contribution in [0.25, 0.3) is 0 Å². The fourth-order valence-electron chi connectivity index (χ4n) is 4.95. The summed E-state index contributed by atoms with van der Waals surface area (Å²) in [6.07, 6.45) is -1.16. The van der Waals surface area contributed by atoms with Crippen LogP contribution in [-0.4, -0.2) is 75.5 Å². The molecule has 2 heterocycles. The Bertz CT molecular complexity index is 2090. The van der Waals surface area contributed by atoms with E-state index >= 15 is 0 Å². The lowest BCUT2D eigenvalue weighted by Crippen LogP contribution is -2.47. The van der Waals surface area contributed by atoms with E-state index in [2.05, 4.69) is 41.0 Å². The van der Waals surface area contributed by atoms with Crippen LogP contribution in [0.15, 0.2) is 99.2 Å². The van der Waals surface area contributed by atoms with Crippen LogP contribution in [0.5, 0.6) is 0 Å². The first-order valence-corrected chi connectivity index (χ1v) is 19.3. The largest absolute Gasteiger partial charge is 0.370 e. The highest BCUT2D eigenvalue weighted by atomic mass is 32.2. The first kappa shape index (κ1) is 37.7. The number of benzene rings is 3. The van der Waals surface area contributed by atoms with Crippen LogP contribution in [0.3, 0.4) is 0 Å². The first-order valence-electron chi connectivity index (χ1n) is 15.8. The Morgan fingerprint density at radius 3 is 2.60 bits per heavy atom.